The van der Waals surface area contributed by atoms with E-state index in [4.69, 9.17) is 16.6 Å². The lowest BCUT2D eigenvalue weighted by Gasteiger charge is -2.59. The fourth-order valence-electron chi connectivity index (χ4n) is 6.61. The van der Waals surface area contributed by atoms with Gasteiger partial charge < -0.3 is 9.73 Å². The van der Waals surface area contributed by atoms with Gasteiger partial charge in [0.1, 0.15) is 11.5 Å². The third kappa shape index (κ3) is 4.33. The second-order valence-electron chi connectivity index (χ2n) is 9.87. The number of carbonyl (C=O) groups excluding carboxylic acids is 1. The maximum absolute atomic E-state index is 12.4. The summed E-state index contributed by atoms with van der Waals surface area (Å²) >= 11 is 5.46. The molecule has 1 aromatic carbocycles. The van der Waals surface area contributed by atoms with Crippen LogP contribution in [-0.4, -0.2) is 17.1 Å². The number of benzene rings is 1. The van der Waals surface area contributed by atoms with E-state index < -0.39 is 0 Å². The van der Waals surface area contributed by atoms with Crippen LogP contribution in [0.1, 0.15) is 51.2 Å². The number of furan rings is 1. The molecule has 0 unspecified atom stereocenters. The van der Waals surface area contributed by atoms with E-state index in [0.717, 1.165) is 29.1 Å². The van der Waals surface area contributed by atoms with Gasteiger partial charge in [0.05, 0.1) is 0 Å². The monoisotopic (exact) mass is 434 g/mol. The molecule has 2 N–H and O–H groups in total. The summed E-state index contributed by atoms with van der Waals surface area (Å²) < 4.78 is 5.81. The molecular weight excluding hydrogens is 404 g/mol. The molecule has 4 nitrogen and oxygen atoms in total. The van der Waals surface area contributed by atoms with Crippen LogP contribution in [0.15, 0.2) is 53.0 Å². The van der Waals surface area contributed by atoms with E-state index in [9.17, 15) is 4.79 Å². The summed E-state index contributed by atoms with van der Waals surface area (Å²) in [5.41, 5.74) is 1.36. The van der Waals surface area contributed by atoms with Crippen molar-refractivity contribution in [3.63, 3.8) is 0 Å². The zero-order chi connectivity index (χ0) is 21.4. The highest BCUT2D eigenvalue weighted by Gasteiger charge is 2.53. The maximum Gasteiger partial charge on any atom is 0.250 e. The number of carbonyl (C=O) groups is 1. The van der Waals surface area contributed by atoms with Crippen molar-refractivity contribution < 1.29 is 9.21 Å². The molecule has 0 saturated heterocycles. The Hall–Kier alpha value is -2.40. The lowest BCUT2D eigenvalue weighted by molar-refractivity contribution is -0.115. The number of nitrogens with one attached hydrogen (secondary N) is 2. The summed E-state index contributed by atoms with van der Waals surface area (Å²) in [5.74, 6) is 3.87. The quantitative estimate of drug-likeness (QED) is 0.478. The molecule has 4 aliphatic carbocycles. The van der Waals surface area contributed by atoms with Gasteiger partial charge in [-0.15, -0.1) is 0 Å². The van der Waals surface area contributed by atoms with E-state index in [1.807, 2.05) is 42.5 Å². The van der Waals surface area contributed by atoms with Crippen LogP contribution in [-0.2, 0) is 4.79 Å². The zero-order valence-corrected chi connectivity index (χ0v) is 18.8. The highest BCUT2D eigenvalue weighted by molar-refractivity contribution is 7.80. The molecule has 4 bridgehead atoms. The minimum absolute atomic E-state index is 0.243. The van der Waals surface area contributed by atoms with Crippen LogP contribution in [0.25, 0.3) is 17.4 Å². The molecule has 5 heteroatoms. The smallest absolute Gasteiger partial charge is 0.250 e. The molecule has 1 heterocycles. The molecule has 4 aliphatic rings. The summed E-state index contributed by atoms with van der Waals surface area (Å²) in [6.07, 6.45) is 11.4. The molecular formula is C26H30N2O2S. The Labute approximate surface area is 189 Å². The molecule has 162 valence electrons. The second-order valence-corrected chi connectivity index (χ2v) is 10.3. The Morgan fingerprint density at radius 1 is 1.06 bits per heavy atom. The summed E-state index contributed by atoms with van der Waals surface area (Å²) in [7, 11) is 0. The largest absolute Gasteiger partial charge is 0.457 e. The Kier molecular flexibility index (Phi) is 5.47. The van der Waals surface area contributed by atoms with Crippen molar-refractivity contribution in [2.24, 2.45) is 23.2 Å². The highest BCUT2D eigenvalue weighted by Crippen LogP contribution is 2.61. The van der Waals surface area contributed by atoms with Crippen molar-refractivity contribution in [1.82, 2.24) is 10.6 Å². The number of hydrogen-bond donors (Lipinski definition) is 2. The Morgan fingerprint density at radius 2 is 1.71 bits per heavy atom. The van der Waals surface area contributed by atoms with Crippen LogP contribution in [0.2, 0.25) is 0 Å². The van der Waals surface area contributed by atoms with E-state index >= 15 is 0 Å². The van der Waals surface area contributed by atoms with Crippen molar-refractivity contribution >= 4 is 29.3 Å². The third-order valence-corrected chi connectivity index (χ3v) is 7.89. The fraction of sp³-hybridized carbons (Fsp3) is 0.462. The van der Waals surface area contributed by atoms with Gasteiger partial charge in [-0.3, -0.25) is 10.1 Å². The molecule has 0 spiro atoms. The van der Waals surface area contributed by atoms with Gasteiger partial charge in [0.25, 0.3) is 0 Å². The van der Waals surface area contributed by atoms with Crippen molar-refractivity contribution in [1.29, 1.82) is 0 Å². The first-order valence-corrected chi connectivity index (χ1v) is 11.8. The number of amides is 1. The van der Waals surface area contributed by atoms with Crippen molar-refractivity contribution in [3.05, 3.63) is 54.3 Å². The molecule has 4 saturated carbocycles. The average Bonchev–Trinajstić information content (AvgIpc) is 3.21. The first-order valence-electron chi connectivity index (χ1n) is 11.4. The van der Waals surface area contributed by atoms with E-state index in [0.29, 0.717) is 16.3 Å². The Bertz CT molecular complexity index is 959. The maximum atomic E-state index is 12.4. The standard InChI is InChI=1S/C26H30N2O2S/c1-17(26-14-18-11-19(15-26)13-20(12-18)16-26)27-25(31)28-24(29)10-8-22-7-9-23(30-22)21-5-3-2-4-6-21/h2-10,17-20H,11-16H2,1H3,(H2,27,28,29,31)/b10-8+/t17-,18?,19?,20?,26?/m0/s1. The lowest BCUT2D eigenvalue weighted by Crippen LogP contribution is -2.57. The molecule has 4 fully saturated rings. The Balaban J connectivity index is 1.15. The van der Waals surface area contributed by atoms with E-state index in [-0.39, 0.29) is 11.9 Å². The van der Waals surface area contributed by atoms with E-state index in [1.165, 1.54) is 44.6 Å². The molecule has 1 amide bonds. The Morgan fingerprint density at radius 3 is 2.35 bits per heavy atom. The van der Waals surface area contributed by atoms with Gasteiger partial charge in [-0.25, -0.2) is 0 Å². The SMILES string of the molecule is C[C@H](NC(=S)NC(=O)/C=C/c1ccc(-c2ccccc2)o1)C12CC3CC(CC(C3)C1)C2. The highest BCUT2D eigenvalue weighted by atomic mass is 32.1. The van der Waals surface area contributed by atoms with Gasteiger partial charge in [-0.2, -0.15) is 0 Å². The van der Waals surface area contributed by atoms with Crippen LogP contribution in [0, 0.1) is 23.2 Å². The van der Waals surface area contributed by atoms with Gasteiger partial charge >= 0.3 is 0 Å². The number of rotatable bonds is 5. The van der Waals surface area contributed by atoms with Crippen molar-refractivity contribution in [2.75, 3.05) is 0 Å². The summed E-state index contributed by atoms with van der Waals surface area (Å²) in [6, 6.07) is 14.0. The van der Waals surface area contributed by atoms with Crippen LogP contribution >= 0.6 is 12.2 Å². The molecule has 31 heavy (non-hydrogen) atoms. The van der Waals surface area contributed by atoms with E-state index in [1.54, 1.807) is 6.08 Å². The molecule has 0 radical (unpaired) electrons. The second kappa shape index (κ2) is 8.27. The summed E-state index contributed by atoms with van der Waals surface area (Å²) in [4.78, 5) is 12.4. The van der Waals surface area contributed by atoms with Gasteiger partial charge in [0.2, 0.25) is 5.91 Å². The predicted molar refractivity (Wildman–Crippen MR) is 127 cm³/mol. The molecule has 0 aliphatic heterocycles. The minimum Gasteiger partial charge on any atom is -0.457 e. The first kappa shape index (κ1) is 20.5. The number of hydrogen-bond acceptors (Lipinski definition) is 3. The minimum atomic E-state index is -0.243. The lowest BCUT2D eigenvalue weighted by atomic mass is 9.48. The van der Waals surface area contributed by atoms with Crippen LogP contribution in [0.3, 0.4) is 0 Å². The van der Waals surface area contributed by atoms with E-state index in [2.05, 4.69) is 17.6 Å². The van der Waals surface area contributed by atoms with Gasteiger partial charge in [-0.05, 0) is 99.0 Å². The molecule has 1 aromatic heterocycles. The molecule has 1 atom stereocenters. The summed E-state index contributed by atoms with van der Waals surface area (Å²) in [6.45, 7) is 2.25. The normalized spacial score (nSPS) is 29.8. The van der Waals surface area contributed by atoms with Crippen molar-refractivity contribution in [2.45, 2.75) is 51.5 Å². The van der Waals surface area contributed by atoms with Gasteiger partial charge in [-0.1, -0.05) is 30.3 Å². The topological polar surface area (TPSA) is 54.3 Å². The average molecular weight is 435 g/mol. The van der Waals surface area contributed by atoms with Gasteiger partial charge in [0, 0.05) is 17.7 Å². The van der Waals surface area contributed by atoms with Gasteiger partial charge in [0.15, 0.2) is 5.11 Å². The van der Waals surface area contributed by atoms with Crippen LogP contribution in [0.4, 0.5) is 0 Å². The molecule has 6 rings (SSSR count). The molecule has 2 aromatic rings. The van der Waals surface area contributed by atoms with Crippen LogP contribution < -0.4 is 10.6 Å². The fourth-order valence-corrected chi connectivity index (χ4v) is 6.88. The van der Waals surface area contributed by atoms with Crippen LogP contribution in [0.5, 0.6) is 0 Å². The number of thiocarbonyl (C=S) groups is 1. The zero-order valence-electron chi connectivity index (χ0n) is 18.0. The third-order valence-electron chi connectivity index (χ3n) is 7.67. The van der Waals surface area contributed by atoms with Crippen molar-refractivity contribution in [3.8, 4) is 11.3 Å². The first-order chi connectivity index (χ1) is 15.0. The predicted octanol–water partition coefficient (Wildman–Crippen LogP) is 5.56. The summed E-state index contributed by atoms with van der Waals surface area (Å²) in [5, 5.41) is 6.66.